The zero-order valence-electron chi connectivity index (χ0n) is 12.0. The first-order chi connectivity index (χ1) is 10.1. The molecule has 0 aromatic heterocycles. The molecule has 112 valence electrons. The first-order valence-electron chi connectivity index (χ1n) is 7.37. The van der Waals surface area contributed by atoms with Crippen molar-refractivity contribution in [2.45, 2.75) is 43.7 Å². The van der Waals surface area contributed by atoms with E-state index in [1.807, 2.05) is 18.2 Å². The highest BCUT2D eigenvalue weighted by molar-refractivity contribution is 6.31. The van der Waals surface area contributed by atoms with Crippen LogP contribution in [0.5, 0.6) is 0 Å². The Balaban J connectivity index is 1.55. The number of imide groups is 1. The van der Waals surface area contributed by atoms with Crippen LogP contribution in [0.2, 0.25) is 5.02 Å². The second-order valence-electron chi connectivity index (χ2n) is 5.94. The summed E-state index contributed by atoms with van der Waals surface area (Å²) < 4.78 is 0. The molecule has 0 bridgehead atoms. The van der Waals surface area contributed by atoms with Gasteiger partial charge in [0.2, 0.25) is 11.8 Å². The molecule has 1 saturated heterocycles. The van der Waals surface area contributed by atoms with E-state index in [1.54, 1.807) is 7.05 Å². The Morgan fingerprint density at radius 2 is 1.95 bits per heavy atom. The van der Waals surface area contributed by atoms with Crippen molar-refractivity contribution in [3.05, 3.63) is 34.9 Å². The number of carbonyl (C=O) groups excluding carboxylic acids is 2. The van der Waals surface area contributed by atoms with Crippen LogP contribution in [0.4, 0.5) is 0 Å². The molecular weight excluding hydrogens is 288 g/mol. The summed E-state index contributed by atoms with van der Waals surface area (Å²) in [5, 5.41) is 4.21. The van der Waals surface area contributed by atoms with Crippen molar-refractivity contribution in [3.63, 3.8) is 0 Å². The smallest absolute Gasteiger partial charge is 0.246 e. The van der Waals surface area contributed by atoms with E-state index in [2.05, 4.69) is 11.4 Å². The highest BCUT2D eigenvalue weighted by Gasteiger charge is 2.37. The molecule has 2 aliphatic rings. The van der Waals surface area contributed by atoms with Gasteiger partial charge >= 0.3 is 0 Å². The van der Waals surface area contributed by atoms with Crippen molar-refractivity contribution in [1.29, 1.82) is 0 Å². The molecule has 0 spiro atoms. The molecule has 1 unspecified atom stereocenters. The van der Waals surface area contributed by atoms with Gasteiger partial charge in [0.05, 0.1) is 6.04 Å². The number of benzene rings is 1. The number of halogens is 1. The van der Waals surface area contributed by atoms with Crippen molar-refractivity contribution in [2.75, 3.05) is 7.05 Å². The maximum atomic E-state index is 12.0. The lowest BCUT2D eigenvalue weighted by molar-refractivity contribution is -0.148. The molecular formula is C16H19ClN2O2. The minimum Gasteiger partial charge on any atom is -0.303 e. The summed E-state index contributed by atoms with van der Waals surface area (Å²) in [5.41, 5.74) is 1.19. The first-order valence-corrected chi connectivity index (χ1v) is 7.75. The minimum atomic E-state index is -0.218. The van der Waals surface area contributed by atoms with E-state index in [9.17, 15) is 9.59 Å². The minimum absolute atomic E-state index is 0.0828. The molecule has 4 nitrogen and oxygen atoms in total. The number of piperidine rings is 1. The van der Waals surface area contributed by atoms with Gasteiger partial charge < -0.3 is 5.32 Å². The number of hydrogen-bond acceptors (Lipinski definition) is 3. The van der Waals surface area contributed by atoms with Crippen LogP contribution in [0, 0.1) is 0 Å². The third-order valence-electron chi connectivity index (χ3n) is 4.57. The molecule has 1 aliphatic carbocycles. The molecule has 2 fully saturated rings. The molecule has 1 aromatic carbocycles. The maximum Gasteiger partial charge on any atom is 0.246 e. The van der Waals surface area contributed by atoms with Crippen LogP contribution >= 0.6 is 11.6 Å². The SMILES string of the molecule is CN1C(=O)CCC(NC2CC(c3ccccc3Cl)C2)C1=O. The Hall–Kier alpha value is -1.39. The summed E-state index contributed by atoms with van der Waals surface area (Å²) in [5.74, 6) is 0.280. The van der Waals surface area contributed by atoms with Gasteiger partial charge in [-0.2, -0.15) is 0 Å². The number of hydrogen-bond donors (Lipinski definition) is 1. The topological polar surface area (TPSA) is 49.4 Å². The lowest BCUT2D eigenvalue weighted by Crippen LogP contribution is -2.56. The quantitative estimate of drug-likeness (QED) is 0.872. The van der Waals surface area contributed by atoms with Crippen LogP contribution in [-0.2, 0) is 9.59 Å². The van der Waals surface area contributed by atoms with Crippen molar-refractivity contribution in [3.8, 4) is 0 Å². The molecule has 1 saturated carbocycles. The fourth-order valence-corrected chi connectivity index (χ4v) is 3.46. The average molecular weight is 307 g/mol. The Labute approximate surface area is 129 Å². The van der Waals surface area contributed by atoms with E-state index in [1.165, 1.54) is 10.5 Å². The van der Waals surface area contributed by atoms with E-state index in [0.29, 0.717) is 24.8 Å². The van der Waals surface area contributed by atoms with E-state index in [0.717, 1.165) is 17.9 Å². The molecule has 0 radical (unpaired) electrons. The van der Waals surface area contributed by atoms with Crippen molar-refractivity contribution >= 4 is 23.4 Å². The summed E-state index contributed by atoms with van der Waals surface area (Å²) >= 11 is 6.21. The Kier molecular flexibility index (Phi) is 4.00. The Morgan fingerprint density at radius 3 is 2.67 bits per heavy atom. The number of nitrogens with zero attached hydrogens (tertiary/aromatic N) is 1. The summed E-state index contributed by atoms with van der Waals surface area (Å²) in [7, 11) is 1.56. The zero-order valence-corrected chi connectivity index (χ0v) is 12.8. The lowest BCUT2D eigenvalue weighted by atomic mass is 9.75. The summed E-state index contributed by atoms with van der Waals surface area (Å²) in [6.45, 7) is 0. The normalized spacial score (nSPS) is 29.4. The van der Waals surface area contributed by atoms with Gasteiger partial charge in [0.1, 0.15) is 0 Å². The molecule has 1 N–H and O–H groups in total. The monoisotopic (exact) mass is 306 g/mol. The standard InChI is InChI=1S/C16H19ClN2O2/c1-19-15(20)7-6-14(16(19)21)18-11-8-10(9-11)12-4-2-3-5-13(12)17/h2-5,10-11,14,18H,6-9H2,1H3. The first kappa shape index (κ1) is 14.5. The summed E-state index contributed by atoms with van der Waals surface area (Å²) in [4.78, 5) is 24.7. The molecule has 1 heterocycles. The second-order valence-corrected chi connectivity index (χ2v) is 6.34. The molecule has 1 atom stereocenters. The number of likely N-dealkylation sites (tertiary alicyclic amines) is 1. The number of carbonyl (C=O) groups is 2. The van der Waals surface area contributed by atoms with Crippen LogP contribution < -0.4 is 5.32 Å². The number of likely N-dealkylation sites (N-methyl/N-ethyl adjacent to an activating group) is 1. The van der Waals surface area contributed by atoms with Gasteiger partial charge in [-0.15, -0.1) is 0 Å². The fourth-order valence-electron chi connectivity index (χ4n) is 3.17. The molecule has 2 amide bonds. The fraction of sp³-hybridized carbons (Fsp3) is 0.500. The predicted octanol–water partition coefficient (Wildman–Crippen LogP) is 2.32. The van der Waals surface area contributed by atoms with E-state index >= 15 is 0 Å². The maximum absolute atomic E-state index is 12.0. The molecule has 1 aliphatic heterocycles. The van der Waals surface area contributed by atoms with Crippen molar-refractivity contribution < 1.29 is 9.59 Å². The molecule has 5 heteroatoms. The summed E-state index contributed by atoms with van der Waals surface area (Å²) in [6.07, 6.45) is 3.03. The van der Waals surface area contributed by atoms with Crippen LogP contribution in [0.3, 0.4) is 0 Å². The molecule has 1 aromatic rings. The van der Waals surface area contributed by atoms with Gasteiger partial charge in [0.15, 0.2) is 0 Å². The van der Waals surface area contributed by atoms with Crippen LogP contribution in [0.25, 0.3) is 0 Å². The van der Waals surface area contributed by atoms with Crippen LogP contribution in [0.1, 0.15) is 37.2 Å². The average Bonchev–Trinajstić information content (AvgIpc) is 2.43. The third-order valence-corrected chi connectivity index (χ3v) is 4.91. The van der Waals surface area contributed by atoms with Crippen molar-refractivity contribution in [2.24, 2.45) is 0 Å². The van der Waals surface area contributed by atoms with Crippen molar-refractivity contribution in [1.82, 2.24) is 10.2 Å². The Morgan fingerprint density at radius 1 is 1.24 bits per heavy atom. The van der Waals surface area contributed by atoms with Crippen LogP contribution in [-0.4, -0.2) is 35.8 Å². The van der Waals surface area contributed by atoms with E-state index in [4.69, 9.17) is 11.6 Å². The predicted molar refractivity (Wildman–Crippen MR) is 81.1 cm³/mol. The summed E-state index contributed by atoms with van der Waals surface area (Å²) in [6, 6.07) is 8.05. The molecule has 21 heavy (non-hydrogen) atoms. The van der Waals surface area contributed by atoms with E-state index in [-0.39, 0.29) is 17.9 Å². The third kappa shape index (κ3) is 2.83. The van der Waals surface area contributed by atoms with Gasteiger partial charge in [-0.3, -0.25) is 14.5 Å². The highest BCUT2D eigenvalue weighted by atomic mass is 35.5. The number of rotatable bonds is 3. The lowest BCUT2D eigenvalue weighted by Gasteiger charge is -2.40. The van der Waals surface area contributed by atoms with Crippen LogP contribution in [0.15, 0.2) is 24.3 Å². The molecule has 3 rings (SSSR count). The number of amides is 2. The van der Waals surface area contributed by atoms with Gasteiger partial charge in [-0.05, 0) is 36.8 Å². The highest BCUT2D eigenvalue weighted by Crippen LogP contribution is 2.40. The van der Waals surface area contributed by atoms with E-state index < -0.39 is 0 Å². The largest absolute Gasteiger partial charge is 0.303 e. The van der Waals surface area contributed by atoms with Gasteiger partial charge in [-0.1, -0.05) is 29.8 Å². The van der Waals surface area contributed by atoms with Gasteiger partial charge in [0, 0.05) is 24.5 Å². The number of nitrogens with one attached hydrogen (secondary N) is 1. The van der Waals surface area contributed by atoms with Gasteiger partial charge in [0.25, 0.3) is 0 Å². The van der Waals surface area contributed by atoms with Gasteiger partial charge in [-0.25, -0.2) is 0 Å². The second kappa shape index (κ2) is 5.78. The Bertz CT molecular complexity index is 569. The zero-order chi connectivity index (χ0) is 15.0.